The van der Waals surface area contributed by atoms with E-state index in [4.69, 9.17) is 4.74 Å². The fourth-order valence-corrected chi connectivity index (χ4v) is 4.33. The van der Waals surface area contributed by atoms with Crippen molar-refractivity contribution in [2.45, 2.75) is 98.1 Å². The molecule has 0 unspecified atom stereocenters. The Morgan fingerprint density at radius 3 is 2.30 bits per heavy atom. The van der Waals surface area contributed by atoms with Gasteiger partial charge in [-0.3, -0.25) is 19.2 Å². The first-order valence-electron chi connectivity index (χ1n) is 12.9. The lowest BCUT2D eigenvalue weighted by atomic mass is 10.0. The predicted molar refractivity (Wildman–Crippen MR) is 157 cm³/mol. The summed E-state index contributed by atoms with van der Waals surface area (Å²) in [6.07, 6.45) is 10.9. The molecule has 8 nitrogen and oxygen atoms in total. The molecule has 0 fully saturated rings. The first-order valence-corrected chi connectivity index (χ1v) is 15.4. The van der Waals surface area contributed by atoms with Gasteiger partial charge in [0.1, 0.15) is 23.6 Å². The van der Waals surface area contributed by atoms with E-state index in [1.165, 1.54) is 44.0 Å². The van der Waals surface area contributed by atoms with Crippen LogP contribution in [-0.4, -0.2) is 51.0 Å². The van der Waals surface area contributed by atoms with E-state index in [0.717, 1.165) is 12.8 Å². The van der Waals surface area contributed by atoms with E-state index in [1.807, 2.05) is 28.7 Å². The lowest BCUT2D eigenvalue weighted by molar-refractivity contribution is -0.152. The fraction of sp³-hybridized carbons (Fsp3) is 0.667. The Labute approximate surface area is 239 Å². The lowest BCUT2D eigenvalue weighted by Gasteiger charge is -2.24. The van der Waals surface area contributed by atoms with Crippen LogP contribution in [0.25, 0.3) is 0 Å². The third kappa shape index (κ3) is 17.4. The largest absolute Gasteiger partial charge is 0.456 e. The number of Topliss-reactive ketones (excluding diaryl/α,β-unsaturated/α-hetero) is 1. The highest BCUT2D eigenvalue weighted by Gasteiger charge is 2.29. The van der Waals surface area contributed by atoms with E-state index >= 15 is 0 Å². The molecule has 37 heavy (non-hydrogen) atoms. The molecule has 0 aliphatic carbocycles. The van der Waals surface area contributed by atoms with Gasteiger partial charge in [-0.05, 0) is 31.8 Å². The van der Waals surface area contributed by atoms with Gasteiger partial charge in [0.2, 0.25) is 5.91 Å². The molecular formula is C27H43IN2O6S. The molecule has 0 bridgehead atoms. The number of hydrogen-bond acceptors (Lipinski definition) is 7. The van der Waals surface area contributed by atoms with Crippen molar-refractivity contribution in [2.75, 3.05) is 10.2 Å². The van der Waals surface area contributed by atoms with E-state index in [9.17, 15) is 24.0 Å². The van der Waals surface area contributed by atoms with Gasteiger partial charge in [0.25, 0.3) is 5.91 Å². The summed E-state index contributed by atoms with van der Waals surface area (Å²) in [6.45, 7) is 8.57. The summed E-state index contributed by atoms with van der Waals surface area (Å²) >= 11 is 3.26. The summed E-state index contributed by atoms with van der Waals surface area (Å²) in [5.74, 6) is -1.41. The van der Waals surface area contributed by atoms with Gasteiger partial charge in [0.05, 0.1) is 4.43 Å². The first-order chi connectivity index (χ1) is 17.5. The average Bonchev–Trinajstić information content (AvgIpc) is 2.84. The number of esters is 1. The van der Waals surface area contributed by atoms with Crippen LogP contribution in [0.1, 0.15) is 86.0 Å². The highest BCUT2D eigenvalue weighted by molar-refractivity contribution is 14.1. The number of alkyl halides is 1. The molecule has 0 radical (unpaired) electrons. The summed E-state index contributed by atoms with van der Waals surface area (Å²) in [5.41, 5.74) is 0.0375. The van der Waals surface area contributed by atoms with Gasteiger partial charge in [-0.1, -0.05) is 93.0 Å². The Kier molecular flexibility index (Phi) is 20.3. The predicted octanol–water partition coefficient (Wildman–Crippen LogP) is 5.04. The van der Waals surface area contributed by atoms with Crippen LogP contribution in [-0.2, 0) is 28.7 Å². The topological polar surface area (TPSA) is 119 Å². The van der Waals surface area contributed by atoms with Crippen molar-refractivity contribution in [3.8, 4) is 0 Å². The van der Waals surface area contributed by atoms with Gasteiger partial charge in [0, 0.05) is 25.5 Å². The number of ketones is 1. The van der Waals surface area contributed by atoms with E-state index in [2.05, 4.69) is 17.6 Å². The van der Waals surface area contributed by atoms with Crippen molar-refractivity contribution in [2.24, 2.45) is 5.92 Å². The van der Waals surface area contributed by atoms with Crippen molar-refractivity contribution >= 4 is 63.0 Å². The van der Waals surface area contributed by atoms with Crippen LogP contribution < -0.4 is 10.6 Å². The van der Waals surface area contributed by atoms with Gasteiger partial charge in [0.15, 0.2) is 5.12 Å². The van der Waals surface area contributed by atoms with Crippen molar-refractivity contribution in [1.29, 1.82) is 0 Å². The average molecular weight is 651 g/mol. The fourth-order valence-electron chi connectivity index (χ4n) is 3.25. The molecule has 0 aromatic heterocycles. The second-order valence-electron chi connectivity index (χ2n) is 9.03. The minimum Gasteiger partial charge on any atom is -0.456 e. The Hall–Kier alpha value is -1.69. The number of halogens is 1. The molecule has 0 aromatic rings. The molecule has 2 atom stereocenters. The summed E-state index contributed by atoms with van der Waals surface area (Å²) in [4.78, 5) is 60.9. The zero-order valence-electron chi connectivity index (χ0n) is 22.8. The molecule has 10 heteroatoms. The highest BCUT2D eigenvalue weighted by atomic mass is 127. The monoisotopic (exact) mass is 650 g/mol. The van der Waals surface area contributed by atoms with Crippen LogP contribution in [0.2, 0.25) is 0 Å². The summed E-state index contributed by atoms with van der Waals surface area (Å²) in [6, 6.07) is -0.965. The number of carbonyl (C=O) groups excluding carboxylic acids is 5. The number of nitrogens with one attached hydrogen (secondary N) is 2. The second kappa shape index (κ2) is 21.3. The van der Waals surface area contributed by atoms with Crippen molar-refractivity contribution in [3.63, 3.8) is 0 Å². The molecule has 210 valence electrons. The number of thioether (sulfide) groups is 1. The van der Waals surface area contributed by atoms with Crippen LogP contribution in [0.5, 0.6) is 0 Å². The van der Waals surface area contributed by atoms with Crippen LogP contribution in [0.3, 0.4) is 0 Å². The molecule has 0 heterocycles. The number of hydrogen-bond donors (Lipinski definition) is 2. The minimum atomic E-state index is -0.965. The van der Waals surface area contributed by atoms with Crippen LogP contribution >= 0.6 is 34.4 Å². The van der Waals surface area contributed by atoms with Crippen LogP contribution in [0, 0.1) is 5.92 Å². The first kappa shape index (κ1) is 35.3. The quantitative estimate of drug-likeness (QED) is 0.0503. The van der Waals surface area contributed by atoms with Gasteiger partial charge < -0.3 is 15.4 Å². The third-order valence-corrected chi connectivity index (χ3v) is 7.10. The number of rotatable bonds is 19. The molecule has 0 saturated heterocycles. The smallest absolute Gasteiger partial charge is 0.329 e. The summed E-state index contributed by atoms with van der Waals surface area (Å²) < 4.78 is 5.90. The number of carbonyl (C=O) groups is 5. The highest BCUT2D eigenvalue weighted by Crippen LogP contribution is 2.14. The third-order valence-electron chi connectivity index (χ3n) is 5.28. The maximum absolute atomic E-state index is 12.9. The van der Waals surface area contributed by atoms with Gasteiger partial charge in [-0.15, -0.1) is 0 Å². The minimum absolute atomic E-state index is 0.0276. The second-order valence-corrected chi connectivity index (χ2v) is 10.9. The normalized spacial score (nSPS) is 13.3. The van der Waals surface area contributed by atoms with E-state index < -0.39 is 29.9 Å². The molecule has 0 aliphatic heterocycles. The van der Waals surface area contributed by atoms with Crippen LogP contribution in [0.15, 0.2) is 23.9 Å². The van der Waals surface area contributed by atoms with Gasteiger partial charge >= 0.3 is 5.97 Å². The van der Waals surface area contributed by atoms with Crippen molar-refractivity contribution in [3.05, 3.63) is 23.9 Å². The Morgan fingerprint density at radius 2 is 1.73 bits per heavy atom. The van der Waals surface area contributed by atoms with Gasteiger partial charge in [-0.25, -0.2) is 4.79 Å². The molecule has 0 rings (SSSR count). The molecule has 2 amide bonds. The SMILES string of the molecule is C/C=C(\NC(C)=O)C(=O)N[C@H](C(=O)O[C@H](/C=C/CCSC(=O)CCCCCCC)CC(=O)CI)C(C)C. The standard InChI is InChI=1S/C27H43IN2O6S/c1-6-8-9-10-11-15-24(33)37-16-13-12-14-22(17-21(32)18-28)36-27(35)25(19(3)4)30-26(34)23(7-2)29-20(5)31/h7,12,14,19,22,25H,6,8-11,13,15-18H2,1-5H3,(H,29,31)(H,30,34)/b14-12+,23-7-/t22-,25+/m1/s1. The van der Waals surface area contributed by atoms with Gasteiger partial charge in [-0.2, -0.15) is 0 Å². The zero-order chi connectivity index (χ0) is 28.2. The molecule has 0 aromatic carbocycles. The number of amides is 2. The van der Waals surface area contributed by atoms with Crippen LogP contribution in [0.4, 0.5) is 0 Å². The lowest BCUT2D eigenvalue weighted by Crippen LogP contribution is -2.48. The number of allylic oxidation sites excluding steroid dienone is 2. The van der Waals surface area contributed by atoms with E-state index in [0.29, 0.717) is 18.6 Å². The summed E-state index contributed by atoms with van der Waals surface area (Å²) in [7, 11) is 0. The number of ether oxygens (including phenoxy) is 1. The summed E-state index contributed by atoms with van der Waals surface area (Å²) in [5, 5.41) is 5.23. The molecule has 0 spiro atoms. The Balaban J connectivity index is 4.98. The van der Waals surface area contributed by atoms with Crippen molar-refractivity contribution < 1.29 is 28.7 Å². The van der Waals surface area contributed by atoms with Crippen molar-refractivity contribution in [1.82, 2.24) is 10.6 Å². The van der Waals surface area contributed by atoms with E-state index in [-0.39, 0.29) is 33.4 Å². The Morgan fingerprint density at radius 1 is 1.05 bits per heavy atom. The number of unbranched alkanes of at least 4 members (excludes halogenated alkanes) is 4. The molecular weight excluding hydrogens is 607 g/mol. The molecule has 0 aliphatic rings. The molecule has 0 saturated carbocycles. The maximum Gasteiger partial charge on any atom is 0.329 e. The van der Waals surface area contributed by atoms with E-state index in [1.54, 1.807) is 26.8 Å². The zero-order valence-corrected chi connectivity index (χ0v) is 25.7. The molecule has 2 N–H and O–H groups in total. The maximum atomic E-state index is 12.9. The Bertz CT molecular complexity index is 813.